The SMILES string of the molecule is Cc1cc2c(cc3c4c(nccc42)-c2[c-]cccc2S3)c(C)c1C.[Ir]. The summed E-state index contributed by atoms with van der Waals surface area (Å²) in [4.78, 5) is 7.25. The minimum absolute atomic E-state index is 0. The van der Waals surface area contributed by atoms with E-state index < -0.39 is 0 Å². The molecule has 0 spiro atoms. The zero-order valence-corrected chi connectivity index (χ0v) is 17.4. The fourth-order valence-corrected chi connectivity index (χ4v) is 4.86. The van der Waals surface area contributed by atoms with Crippen LogP contribution in [0, 0.1) is 26.8 Å². The van der Waals surface area contributed by atoms with Gasteiger partial charge in [-0.05, 0) is 76.8 Å². The number of benzene rings is 3. The molecule has 0 amide bonds. The second kappa shape index (κ2) is 5.95. The van der Waals surface area contributed by atoms with Crippen LogP contribution in [0.15, 0.2) is 52.4 Å². The summed E-state index contributed by atoms with van der Waals surface area (Å²) in [7, 11) is 0. The quantitative estimate of drug-likeness (QED) is 0.178. The van der Waals surface area contributed by atoms with Gasteiger partial charge in [-0.2, -0.15) is 0 Å². The number of aryl methyl sites for hydroxylation is 2. The predicted octanol–water partition coefficient (Wildman–Crippen LogP) is 6.24. The molecule has 25 heavy (non-hydrogen) atoms. The normalized spacial score (nSPS) is 12.1. The Kier molecular flexibility index (Phi) is 3.99. The first-order valence-electron chi connectivity index (χ1n) is 8.16. The van der Waals surface area contributed by atoms with Crippen LogP contribution in [0.4, 0.5) is 0 Å². The minimum Gasteiger partial charge on any atom is -0.304 e. The molecule has 2 heterocycles. The molecule has 3 aromatic carbocycles. The molecule has 0 saturated heterocycles. The van der Waals surface area contributed by atoms with E-state index in [2.05, 4.69) is 57.2 Å². The third-order valence-electron chi connectivity index (χ3n) is 5.25. The summed E-state index contributed by atoms with van der Waals surface area (Å²) in [5.41, 5.74) is 6.31. The molecule has 0 bridgehead atoms. The zero-order chi connectivity index (χ0) is 16.4. The average molecular weight is 519 g/mol. The predicted molar refractivity (Wildman–Crippen MR) is 102 cm³/mol. The van der Waals surface area contributed by atoms with Crippen LogP contribution in [-0.2, 0) is 20.1 Å². The molecule has 0 fully saturated rings. The average Bonchev–Trinajstić information content (AvgIpc) is 2.61. The minimum atomic E-state index is 0. The van der Waals surface area contributed by atoms with Gasteiger partial charge in [0.05, 0.1) is 0 Å². The Hall–Kier alpha value is -1.67. The van der Waals surface area contributed by atoms with E-state index in [4.69, 9.17) is 4.98 Å². The Balaban J connectivity index is 0.00000157. The number of rotatable bonds is 0. The van der Waals surface area contributed by atoms with Gasteiger partial charge in [-0.3, -0.25) is 0 Å². The van der Waals surface area contributed by atoms with Gasteiger partial charge >= 0.3 is 0 Å². The zero-order valence-electron chi connectivity index (χ0n) is 14.2. The summed E-state index contributed by atoms with van der Waals surface area (Å²) in [5, 5.41) is 5.26. The van der Waals surface area contributed by atoms with Gasteiger partial charge in [-0.25, -0.2) is 0 Å². The van der Waals surface area contributed by atoms with Crippen LogP contribution in [0.25, 0.3) is 32.8 Å². The van der Waals surface area contributed by atoms with Gasteiger partial charge in [0.15, 0.2) is 0 Å². The number of nitrogens with zero attached hydrogens (tertiary/aromatic N) is 1. The van der Waals surface area contributed by atoms with Gasteiger partial charge in [0.2, 0.25) is 0 Å². The van der Waals surface area contributed by atoms with E-state index in [-0.39, 0.29) is 20.1 Å². The van der Waals surface area contributed by atoms with Gasteiger partial charge in [0.25, 0.3) is 0 Å². The summed E-state index contributed by atoms with van der Waals surface area (Å²) in [6, 6.07) is 16.4. The van der Waals surface area contributed by atoms with Crippen molar-refractivity contribution in [2.75, 3.05) is 0 Å². The molecule has 125 valence electrons. The first kappa shape index (κ1) is 16.8. The number of aromatic nitrogens is 1. The van der Waals surface area contributed by atoms with Crippen molar-refractivity contribution in [3.63, 3.8) is 0 Å². The maximum Gasteiger partial charge on any atom is 0.0167 e. The number of hydrogen-bond donors (Lipinski definition) is 0. The van der Waals surface area contributed by atoms with E-state index >= 15 is 0 Å². The van der Waals surface area contributed by atoms with E-state index in [9.17, 15) is 0 Å². The molecular formula is C22H16IrNS-. The monoisotopic (exact) mass is 519 g/mol. The van der Waals surface area contributed by atoms with Crippen LogP contribution in [0.5, 0.6) is 0 Å². The van der Waals surface area contributed by atoms with Crippen molar-refractivity contribution in [3.8, 4) is 11.3 Å². The Morgan fingerprint density at radius 1 is 0.920 bits per heavy atom. The molecule has 0 aliphatic carbocycles. The van der Waals surface area contributed by atoms with Crippen molar-refractivity contribution in [1.82, 2.24) is 4.98 Å². The first-order valence-corrected chi connectivity index (χ1v) is 8.98. The van der Waals surface area contributed by atoms with Crippen molar-refractivity contribution in [1.29, 1.82) is 0 Å². The molecule has 0 N–H and O–H groups in total. The van der Waals surface area contributed by atoms with Crippen molar-refractivity contribution >= 4 is 33.3 Å². The van der Waals surface area contributed by atoms with Crippen LogP contribution in [0.1, 0.15) is 16.7 Å². The second-order valence-corrected chi connectivity index (χ2v) is 7.59. The van der Waals surface area contributed by atoms with Gasteiger partial charge < -0.3 is 4.98 Å². The van der Waals surface area contributed by atoms with Crippen molar-refractivity contribution in [3.05, 3.63) is 65.4 Å². The smallest absolute Gasteiger partial charge is 0.0167 e. The second-order valence-electron chi connectivity index (χ2n) is 6.51. The van der Waals surface area contributed by atoms with E-state index in [1.807, 2.05) is 24.0 Å². The van der Waals surface area contributed by atoms with Crippen LogP contribution >= 0.6 is 11.8 Å². The van der Waals surface area contributed by atoms with E-state index in [1.54, 1.807) is 0 Å². The molecule has 1 aromatic heterocycles. The Morgan fingerprint density at radius 3 is 2.60 bits per heavy atom. The van der Waals surface area contributed by atoms with E-state index in [1.165, 1.54) is 48.0 Å². The molecule has 4 aromatic rings. The van der Waals surface area contributed by atoms with Crippen LogP contribution in [0.3, 0.4) is 0 Å². The van der Waals surface area contributed by atoms with Crippen LogP contribution in [0.2, 0.25) is 0 Å². The summed E-state index contributed by atoms with van der Waals surface area (Å²) >= 11 is 1.84. The third-order valence-corrected chi connectivity index (χ3v) is 6.35. The molecule has 1 aliphatic rings. The van der Waals surface area contributed by atoms with E-state index in [0.717, 1.165) is 11.3 Å². The summed E-state index contributed by atoms with van der Waals surface area (Å²) < 4.78 is 0. The molecule has 1 radical (unpaired) electrons. The maximum atomic E-state index is 4.70. The number of pyridine rings is 1. The summed E-state index contributed by atoms with van der Waals surface area (Å²) in [6.07, 6.45) is 1.94. The first-order chi connectivity index (χ1) is 11.6. The number of hydrogen-bond acceptors (Lipinski definition) is 2. The Labute approximate surface area is 165 Å². The van der Waals surface area contributed by atoms with E-state index in [0.29, 0.717) is 0 Å². The summed E-state index contributed by atoms with van der Waals surface area (Å²) in [6.45, 7) is 6.66. The molecule has 0 atom stereocenters. The molecule has 5 rings (SSSR count). The third kappa shape index (κ3) is 2.30. The Bertz CT molecular complexity index is 1160. The van der Waals surface area contributed by atoms with Crippen LogP contribution in [-0.4, -0.2) is 4.98 Å². The molecule has 1 nitrogen and oxygen atoms in total. The standard InChI is InChI=1S/C22H16NS.Ir/c1-12-10-18-15-8-9-23-22-16-6-4-5-7-19(16)24-20(21(15)22)11-17(18)14(3)13(12)2;/h4-5,7-11H,1-3H3;/q-1;. The Morgan fingerprint density at radius 2 is 1.76 bits per heavy atom. The number of fused-ring (bicyclic) bond motifs is 4. The largest absolute Gasteiger partial charge is 0.304 e. The van der Waals surface area contributed by atoms with Gasteiger partial charge in [-0.15, -0.1) is 41.6 Å². The molecular weight excluding hydrogens is 503 g/mol. The molecule has 1 aliphatic heterocycles. The molecule has 3 heteroatoms. The molecule has 0 saturated carbocycles. The van der Waals surface area contributed by atoms with Gasteiger partial charge in [0.1, 0.15) is 0 Å². The van der Waals surface area contributed by atoms with Crippen molar-refractivity contribution < 1.29 is 20.1 Å². The van der Waals surface area contributed by atoms with Gasteiger partial charge in [-0.1, -0.05) is 11.0 Å². The fourth-order valence-electron chi connectivity index (χ4n) is 3.73. The van der Waals surface area contributed by atoms with Crippen molar-refractivity contribution in [2.45, 2.75) is 30.6 Å². The maximum absolute atomic E-state index is 4.70. The fraction of sp³-hybridized carbons (Fsp3) is 0.136. The van der Waals surface area contributed by atoms with Crippen LogP contribution < -0.4 is 0 Å². The van der Waals surface area contributed by atoms with Gasteiger partial charge in [0, 0.05) is 31.2 Å². The summed E-state index contributed by atoms with van der Waals surface area (Å²) in [5.74, 6) is 0. The van der Waals surface area contributed by atoms with Crippen molar-refractivity contribution in [2.24, 2.45) is 0 Å². The molecule has 0 unspecified atom stereocenters. The topological polar surface area (TPSA) is 12.9 Å².